The standard InChI is InChI=1S/C5H12N2O2S.C5H10O2/c1-10(8,9)7-4-2-6-3-5-7;1-5(2,3)7-4-6/h6H,2-5H2,1H3;4H,1-3H3. The molecule has 1 aliphatic heterocycles. The van der Waals surface area contributed by atoms with Gasteiger partial charge in [-0.05, 0) is 20.8 Å². The lowest BCUT2D eigenvalue weighted by Gasteiger charge is -2.24. The van der Waals surface area contributed by atoms with Gasteiger partial charge in [0.15, 0.2) is 0 Å². The summed E-state index contributed by atoms with van der Waals surface area (Å²) < 4.78 is 27.8. The van der Waals surface area contributed by atoms with E-state index >= 15 is 0 Å². The molecule has 0 unspecified atom stereocenters. The van der Waals surface area contributed by atoms with Crippen LogP contribution in [0.4, 0.5) is 0 Å². The van der Waals surface area contributed by atoms with E-state index in [9.17, 15) is 13.2 Å². The van der Waals surface area contributed by atoms with E-state index in [1.165, 1.54) is 10.6 Å². The number of piperazine rings is 1. The van der Waals surface area contributed by atoms with Crippen molar-refractivity contribution in [2.75, 3.05) is 32.4 Å². The zero-order valence-corrected chi connectivity index (χ0v) is 11.7. The molecule has 1 aliphatic rings. The summed E-state index contributed by atoms with van der Waals surface area (Å²) in [6.07, 6.45) is 1.25. The Morgan fingerprint density at radius 3 is 1.88 bits per heavy atom. The lowest BCUT2D eigenvalue weighted by atomic mass is 10.2. The molecule has 0 bridgehead atoms. The predicted molar refractivity (Wildman–Crippen MR) is 66.2 cm³/mol. The number of carbonyl (C=O) groups excluding carboxylic acids is 1. The van der Waals surface area contributed by atoms with Gasteiger partial charge >= 0.3 is 0 Å². The zero-order chi connectivity index (χ0) is 13.5. The molecule has 1 rings (SSSR count). The Bertz CT molecular complexity index is 316. The molecular weight excluding hydrogens is 244 g/mol. The lowest BCUT2D eigenvalue weighted by Crippen LogP contribution is -2.45. The lowest BCUT2D eigenvalue weighted by molar-refractivity contribution is -0.138. The van der Waals surface area contributed by atoms with Crippen LogP contribution in [0.3, 0.4) is 0 Å². The van der Waals surface area contributed by atoms with E-state index in [4.69, 9.17) is 0 Å². The highest BCUT2D eigenvalue weighted by Gasteiger charge is 2.17. The van der Waals surface area contributed by atoms with Crippen LogP contribution < -0.4 is 5.32 Å². The Morgan fingerprint density at radius 2 is 1.71 bits per heavy atom. The highest BCUT2D eigenvalue weighted by molar-refractivity contribution is 7.88. The Morgan fingerprint density at radius 1 is 1.24 bits per heavy atom. The van der Waals surface area contributed by atoms with Crippen LogP contribution in [0.2, 0.25) is 0 Å². The zero-order valence-electron chi connectivity index (χ0n) is 10.9. The average Bonchev–Trinajstić information content (AvgIpc) is 2.17. The van der Waals surface area contributed by atoms with Crippen molar-refractivity contribution in [2.45, 2.75) is 26.4 Å². The summed E-state index contributed by atoms with van der Waals surface area (Å²) in [5.41, 5.74) is -0.318. The Labute approximate surface area is 103 Å². The molecule has 0 amide bonds. The highest BCUT2D eigenvalue weighted by Crippen LogP contribution is 2.02. The van der Waals surface area contributed by atoms with Gasteiger partial charge in [0.2, 0.25) is 10.0 Å². The van der Waals surface area contributed by atoms with Crippen LogP contribution in [0.15, 0.2) is 0 Å². The minimum Gasteiger partial charge on any atom is -0.462 e. The monoisotopic (exact) mass is 266 g/mol. The Balaban J connectivity index is 0.000000325. The largest absolute Gasteiger partial charge is 0.462 e. The molecule has 0 atom stereocenters. The summed E-state index contributed by atoms with van der Waals surface area (Å²) in [6.45, 7) is 8.68. The van der Waals surface area contributed by atoms with Gasteiger partial charge in [-0.2, -0.15) is 4.31 Å². The quantitative estimate of drug-likeness (QED) is 0.701. The van der Waals surface area contributed by atoms with Gasteiger partial charge in [0, 0.05) is 26.2 Å². The Hall–Kier alpha value is -0.660. The molecule has 17 heavy (non-hydrogen) atoms. The number of rotatable bonds is 2. The van der Waals surface area contributed by atoms with Crippen molar-refractivity contribution in [3.8, 4) is 0 Å². The van der Waals surface area contributed by atoms with Gasteiger partial charge in [-0.15, -0.1) is 0 Å². The first-order valence-corrected chi connectivity index (χ1v) is 7.29. The van der Waals surface area contributed by atoms with Crippen molar-refractivity contribution in [1.82, 2.24) is 9.62 Å². The molecule has 0 radical (unpaired) electrons. The van der Waals surface area contributed by atoms with Gasteiger partial charge in [0.05, 0.1) is 6.26 Å². The summed E-state index contributed by atoms with van der Waals surface area (Å²) in [6, 6.07) is 0. The van der Waals surface area contributed by atoms with Crippen LogP contribution in [0.5, 0.6) is 0 Å². The summed E-state index contributed by atoms with van der Waals surface area (Å²) in [4.78, 5) is 9.60. The van der Waals surface area contributed by atoms with Gasteiger partial charge in [0.25, 0.3) is 6.47 Å². The van der Waals surface area contributed by atoms with Gasteiger partial charge in [-0.25, -0.2) is 8.42 Å². The maximum Gasteiger partial charge on any atom is 0.293 e. The fourth-order valence-corrected chi connectivity index (χ4v) is 1.97. The molecule has 0 aromatic rings. The number of nitrogens with zero attached hydrogens (tertiary/aromatic N) is 1. The van der Waals surface area contributed by atoms with Crippen LogP contribution in [0.25, 0.3) is 0 Å². The third-order valence-corrected chi connectivity index (χ3v) is 3.25. The first-order chi connectivity index (χ1) is 7.67. The van der Waals surface area contributed by atoms with Crippen LogP contribution in [0.1, 0.15) is 20.8 Å². The van der Waals surface area contributed by atoms with E-state index in [1.807, 2.05) is 20.8 Å². The minimum atomic E-state index is -2.93. The van der Waals surface area contributed by atoms with Crippen molar-refractivity contribution >= 4 is 16.5 Å². The van der Waals surface area contributed by atoms with Crippen LogP contribution in [0, 0.1) is 0 Å². The molecular formula is C10H22N2O4S. The van der Waals surface area contributed by atoms with E-state index in [1.54, 1.807) is 0 Å². The first-order valence-electron chi connectivity index (χ1n) is 5.44. The van der Waals surface area contributed by atoms with E-state index < -0.39 is 10.0 Å². The molecule has 1 heterocycles. The third-order valence-electron chi connectivity index (χ3n) is 1.95. The number of ether oxygens (including phenoxy) is 1. The average molecular weight is 266 g/mol. The second kappa shape index (κ2) is 6.93. The number of sulfonamides is 1. The molecule has 1 N–H and O–H groups in total. The SMILES string of the molecule is CC(C)(C)OC=O.CS(=O)(=O)N1CCNCC1. The normalized spacial score (nSPS) is 17.9. The molecule has 1 fully saturated rings. The summed E-state index contributed by atoms with van der Waals surface area (Å²) in [5.74, 6) is 0. The van der Waals surface area contributed by atoms with Crippen LogP contribution in [-0.2, 0) is 19.6 Å². The maximum absolute atomic E-state index is 10.9. The minimum absolute atomic E-state index is 0.318. The topological polar surface area (TPSA) is 75.7 Å². The number of hydrogen-bond acceptors (Lipinski definition) is 5. The van der Waals surface area contributed by atoms with E-state index in [0.717, 1.165) is 13.1 Å². The third kappa shape index (κ3) is 9.08. The molecule has 1 saturated heterocycles. The van der Waals surface area contributed by atoms with Gasteiger partial charge in [0.1, 0.15) is 5.60 Å². The van der Waals surface area contributed by atoms with Gasteiger partial charge in [-0.3, -0.25) is 4.79 Å². The van der Waals surface area contributed by atoms with E-state index in [2.05, 4.69) is 10.1 Å². The number of hydrogen-bond donors (Lipinski definition) is 1. The molecule has 7 heteroatoms. The number of nitrogens with one attached hydrogen (secondary N) is 1. The van der Waals surface area contributed by atoms with Gasteiger partial charge < -0.3 is 10.1 Å². The van der Waals surface area contributed by atoms with Gasteiger partial charge in [-0.1, -0.05) is 0 Å². The fraction of sp³-hybridized carbons (Fsp3) is 0.900. The van der Waals surface area contributed by atoms with Crippen molar-refractivity contribution in [2.24, 2.45) is 0 Å². The smallest absolute Gasteiger partial charge is 0.293 e. The maximum atomic E-state index is 10.9. The molecule has 102 valence electrons. The van der Waals surface area contributed by atoms with E-state index in [0.29, 0.717) is 19.6 Å². The van der Waals surface area contributed by atoms with E-state index in [-0.39, 0.29) is 5.60 Å². The van der Waals surface area contributed by atoms with Crippen LogP contribution >= 0.6 is 0 Å². The van der Waals surface area contributed by atoms with Crippen molar-refractivity contribution in [3.05, 3.63) is 0 Å². The van der Waals surface area contributed by atoms with Crippen molar-refractivity contribution in [1.29, 1.82) is 0 Å². The molecule has 6 nitrogen and oxygen atoms in total. The Kier molecular flexibility index (Phi) is 6.66. The first kappa shape index (κ1) is 16.3. The summed E-state index contributed by atoms with van der Waals surface area (Å²) in [5, 5.41) is 3.08. The van der Waals surface area contributed by atoms with Crippen LogP contribution in [-0.4, -0.2) is 57.2 Å². The molecule has 0 aromatic carbocycles. The molecule has 0 aromatic heterocycles. The van der Waals surface area contributed by atoms with Crippen molar-refractivity contribution < 1.29 is 17.9 Å². The molecule has 0 saturated carbocycles. The molecule has 0 spiro atoms. The highest BCUT2D eigenvalue weighted by atomic mass is 32.2. The van der Waals surface area contributed by atoms with Crippen molar-refractivity contribution in [3.63, 3.8) is 0 Å². The molecule has 0 aliphatic carbocycles. The number of carbonyl (C=O) groups is 1. The second-order valence-electron chi connectivity index (χ2n) is 4.74. The summed E-state index contributed by atoms with van der Waals surface area (Å²) in [7, 11) is -2.93. The fourth-order valence-electron chi connectivity index (χ4n) is 1.12. The summed E-state index contributed by atoms with van der Waals surface area (Å²) >= 11 is 0. The predicted octanol–water partition coefficient (Wildman–Crippen LogP) is -0.191. The second-order valence-corrected chi connectivity index (χ2v) is 6.72.